The Balaban J connectivity index is 1.60. The molecule has 6 nitrogen and oxygen atoms in total. The summed E-state index contributed by atoms with van der Waals surface area (Å²) in [6.45, 7) is 8.39. The largest absolute Gasteiger partial charge is 0.420 e. The number of hydrogen-bond acceptors (Lipinski definition) is 5. The molecule has 0 radical (unpaired) electrons. The van der Waals surface area contributed by atoms with Gasteiger partial charge in [-0.25, -0.2) is 0 Å². The van der Waals surface area contributed by atoms with Gasteiger partial charge in [0.25, 0.3) is 0 Å². The van der Waals surface area contributed by atoms with Gasteiger partial charge in [-0.15, -0.1) is 10.2 Å². The summed E-state index contributed by atoms with van der Waals surface area (Å²) >= 11 is 0. The Morgan fingerprint density at radius 2 is 2.00 bits per heavy atom. The van der Waals surface area contributed by atoms with Crippen LogP contribution in [-0.2, 0) is 0 Å². The minimum absolute atomic E-state index is 0.319. The molecule has 0 saturated carbocycles. The number of pyridine rings is 1. The Bertz CT molecular complexity index is 1170. The minimum Gasteiger partial charge on any atom is -0.420 e. The number of benzene rings is 1. The topological polar surface area (TPSA) is 79.6 Å². The number of hydrogen-bond donors (Lipinski definition) is 2. The van der Waals surface area contributed by atoms with Crippen molar-refractivity contribution < 1.29 is 4.42 Å². The van der Waals surface area contributed by atoms with E-state index in [9.17, 15) is 0 Å². The third-order valence-corrected chi connectivity index (χ3v) is 5.70. The summed E-state index contributed by atoms with van der Waals surface area (Å²) in [6.07, 6.45) is 2.91. The molecular weight excluding hydrogens is 362 g/mol. The van der Waals surface area contributed by atoms with E-state index in [1.165, 1.54) is 10.9 Å². The number of aromatic amines is 1. The summed E-state index contributed by atoms with van der Waals surface area (Å²) in [5.74, 6) is 2.01. The molecule has 1 aliphatic rings. The van der Waals surface area contributed by atoms with Crippen LogP contribution in [0.3, 0.4) is 0 Å². The van der Waals surface area contributed by atoms with E-state index >= 15 is 0 Å². The summed E-state index contributed by atoms with van der Waals surface area (Å²) in [7, 11) is 0. The molecule has 1 aromatic carbocycles. The fraction of sp³-hybridized carbons (Fsp3) is 0.348. The number of rotatable bonds is 4. The van der Waals surface area contributed by atoms with Crippen molar-refractivity contribution >= 4 is 10.9 Å². The number of fused-ring (bicyclic) bond motifs is 1. The molecule has 0 bridgehead atoms. The van der Waals surface area contributed by atoms with Crippen molar-refractivity contribution in [1.29, 1.82) is 0 Å². The molecule has 6 heteroatoms. The molecule has 2 N–H and O–H groups in total. The summed E-state index contributed by atoms with van der Waals surface area (Å²) in [5.41, 5.74) is 6.69. The van der Waals surface area contributed by atoms with Crippen molar-refractivity contribution in [2.75, 3.05) is 13.1 Å². The van der Waals surface area contributed by atoms with Gasteiger partial charge in [-0.3, -0.25) is 4.98 Å². The zero-order valence-corrected chi connectivity index (χ0v) is 17.0. The van der Waals surface area contributed by atoms with Crippen LogP contribution in [0.5, 0.6) is 0 Å². The lowest BCUT2D eigenvalue weighted by Crippen LogP contribution is -2.08. The third-order valence-electron chi connectivity index (χ3n) is 5.70. The van der Waals surface area contributed by atoms with Crippen molar-refractivity contribution in [2.45, 2.75) is 39.0 Å². The second kappa shape index (κ2) is 7.12. The number of nitrogens with zero attached hydrogens (tertiary/aromatic N) is 3. The quantitative estimate of drug-likeness (QED) is 0.526. The van der Waals surface area contributed by atoms with Crippen LogP contribution in [0.4, 0.5) is 0 Å². The SMILES string of the molecule is Cc1cc(-c2[nH]c3ccc(-c4nnc(C5CCNC5)o4)cc3c2C(C)C)ccn1. The predicted octanol–water partition coefficient (Wildman–Crippen LogP) is 4.79. The Kier molecular flexibility index (Phi) is 4.43. The van der Waals surface area contributed by atoms with Gasteiger partial charge in [0.05, 0.1) is 11.6 Å². The fourth-order valence-corrected chi connectivity index (χ4v) is 4.26. The lowest BCUT2D eigenvalue weighted by atomic mass is 9.95. The highest BCUT2D eigenvalue weighted by atomic mass is 16.4. The molecule has 1 atom stereocenters. The van der Waals surface area contributed by atoms with E-state index in [0.29, 0.717) is 17.7 Å². The summed E-state index contributed by atoms with van der Waals surface area (Å²) in [5, 5.41) is 13.2. The van der Waals surface area contributed by atoms with Gasteiger partial charge in [0.1, 0.15) is 0 Å². The van der Waals surface area contributed by atoms with Gasteiger partial charge in [0.15, 0.2) is 0 Å². The molecular formula is C23H25N5O. The van der Waals surface area contributed by atoms with Crippen LogP contribution in [0.2, 0.25) is 0 Å². The van der Waals surface area contributed by atoms with E-state index < -0.39 is 0 Å². The van der Waals surface area contributed by atoms with Gasteiger partial charge in [-0.05, 0) is 61.7 Å². The van der Waals surface area contributed by atoms with E-state index in [1.54, 1.807) is 0 Å². The smallest absolute Gasteiger partial charge is 0.247 e. The number of H-pyrrole nitrogens is 1. The van der Waals surface area contributed by atoms with Crippen LogP contribution in [0.1, 0.15) is 49.3 Å². The van der Waals surface area contributed by atoms with Gasteiger partial charge in [0.2, 0.25) is 11.8 Å². The second-order valence-electron chi connectivity index (χ2n) is 8.15. The first-order valence-electron chi connectivity index (χ1n) is 10.2. The molecule has 0 amide bonds. The van der Waals surface area contributed by atoms with E-state index in [4.69, 9.17) is 4.42 Å². The average Bonchev–Trinajstić information content (AvgIpc) is 3.45. The van der Waals surface area contributed by atoms with Crippen LogP contribution >= 0.6 is 0 Å². The molecule has 4 aromatic rings. The highest BCUT2D eigenvalue weighted by Gasteiger charge is 2.23. The molecule has 148 valence electrons. The first-order chi connectivity index (χ1) is 14.1. The predicted molar refractivity (Wildman–Crippen MR) is 114 cm³/mol. The van der Waals surface area contributed by atoms with E-state index in [1.807, 2.05) is 13.1 Å². The Morgan fingerprint density at radius 1 is 1.10 bits per heavy atom. The van der Waals surface area contributed by atoms with Gasteiger partial charge in [-0.2, -0.15) is 0 Å². The maximum Gasteiger partial charge on any atom is 0.247 e. The normalized spacial score (nSPS) is 16.9. The maximum absolute atomic E-state index is 6.03. The summed E-state index contributed by atoms with van der Waals surface area (Å²) < 4.78 is 6.03. The molecule has 1 unspecified atom stereocenters. The van der Waals surface area contributed by atoms with Crippen molar-refractivity contribution in [1.82, 2.24) is 25.5 Å². The third kappa shape index (κ3) is 3.23. The summed E-state index contributed by atoms with van der Waals surface area (Å²) in [6, 6.07) is 10.5. The van der Waals surface area contributed by atoms with Crippen LogP contribution in [0, 0.1) is 6.92 Å². The molecule has 1 saturated heterocycles. The Labute approximate surface area is 169 Å². The monoisotopic (exact) mass is 387 g/mol. The molecule has 5 rings (SSSR count). The average molecular weight is 387 g/mol. The lowest BCUT2D eigenvalue weighted by molar-refractivity contribution is 0.467. The zero-order chi connectivity index (χ0) is 20.0. The highest BCUT2D eigenvalue weighted by molar-refractivity contribution is 5.93. The first kappa shape index (κ1) is 18.1. The van der Waals surface area contributed by atoms with E-state index in [0.717, 1.165) is 53.4 Å². The van der Waals surface area contributed by atoms with Crippen LogP contribution in [0.25, 0.3) is 33.6 Å². The maximum atomic E-state index is 6.03. The van der Waals surface area contributed by atoms with Gasteiger partial charge < -0.3 is 14.7 Å². The molecule has 0 spiro atoms. The van der Waals surface area contributed by atoms with E-state index in [2.05, 4.69) is 69.7 Å². The number of nitrogens with one attached hydrogen (secondary N) is 2. The van der Waals surface area contributed by atoms with Gasteiger partial charge in [0, 0.05) is 40.5 Å². The molecule has 3 aromatic heterocycles. The molecule has 1 aliphatic heterocycles. The van der Waals surface area contributed by atoms with Crippen LogP contribution in [0.15, 0.2) is 40.9 Å². The molecule has 1 fully saturated rings. The zero-order valence-electron chi connectivity index (χ0n) is 17.0. The van der Waals surface area contributed by atoms with Gasteiger partial charge in [-0.1, -0.05) is 13.8 Å². The van der Waals surface area contributed by atoms with Gasteiger partial charge >= 0.3 is 0 Å². The van der Waals surface area contributed by atoms with Crippen molar-refractivity contribution in [3.63, 3.8) is 0 Å². The molecule has 29 heavy (non-hydrogen) atoms. The first-order valence-corrected chi connectivity index (χ1v) is 10.2. The Hall–Kier alpha value is -2.99. The lowest BCUT2D eigenvalue weighted by Gasteiger charge is -2.09. The Morgan fingerprint density at radius 3 is 2.76 bits per heavy atom. The number of aryl methyl sites for hydroxylation is 1. The fourth-order valence-electron chi connectivity index (χ4n) is 4.26. The number of aromatic nitrogens is 4. The van der Waals surface area contributed by atoms with Crippen molar-refractivity contribution in [3.8, 4) is 22.7 Å². The van der Waals surface area contributed by atoms with Crippen LogP contribution < -0.4 is 5.32 Å². The standard InChI is InChI=1S/C23H25N5O/c1-13(2)20-18-11-16(22-27-28-23(29-22)17-6-8-24-12-17)4-5-19(18)26-21(20)15-7-9-25-14(3)10-15/h4-5,7,9-11,13,17,24,26H,6,8,12H2,1-3H3. The minimum atomic E-state index is 0.319. The summed E-state index contributed by atoms with van der Waals surface area (Å²) in [4.78, 5) is 7.95. The van der Waals surface area contributed by atoms with E-state index in [-0.39, 0.29) is 0 Å². The highest BCUT2D eigenvalue weighted by Crippen LogP contribution is 2.37. The van der Waals surface area contributed by atoms with Crippen molar-refractivity contribution in [3.05, 3.63) is 53.7 Å². The molecule has 4 heterocycles. The molecule has 0 aliphatic carbocycles. The second-order valence-corrected chi connectivity index (χ2v) is 8.15. The van der Waals surface area contributed by atoms with Crippen LogP contribution in [-0.4, -0.2) is 33.3 Å². The van der Waals surface area contributed by atoms with Crippen molar-refractivity contribution in [2.24, 2.45) is 0 Å².